The minimum absolute atomic E-state index is 0.191. The summed E-state index contributed by atoms with van der Waals surface area (Å²) in [7, 11) is 1.54. The fourth-order valence-corrected chi connectivity index (χ4v) is 2.86. The Balaban J connectivity index is 1.95. The monoisotopic (exact) mass is 381 g/mol. The molecule has 0 bridgehead atoms. The van der Waals surface area contributed by atoms with Crippen molar-refractivity contribution in [2.24, 2.45) is 5.16 Å². The van der Waals surface area contributed by atoms with Crippen LogP contribution in [-0.2, 0) is 22.7 Å². The second-order valence-electron chi connectivity index (χ2n) is 6.24. The zero-order valence-electron chi connectivity index (χ0n) is 15.7. The number of oxime groups is 1. The van der Waals surface area contributed by atoms with Crippen molar-refractivity contribution in [2.75, 3.05) is 7.11 Å². The lowest BCUT2D eigenvalue weighted by Gasteiger charge is -2.16. The first kappa shape index (κ1) is 19.4. The van der Waals surface area contributed by atoms with Crippen LogP contribution in [0.2, 0.25) is 0 Å². The molecule has 1 aliphatic rings. The highest BCUT2D eigenvalue weighted by atomic mass is 19.1. The van der Waals surface area contributed by atoms with Crippen molar-refractivity contribution in [3.05, 3.63) is 77.1 Å². The van der Waals surface area contributed by atoms with E-state index in [1.807, 2.05) is 6.07 Å². The van der Waals surface area contributed by atoms with Gasteiger partial charge in [0.2, 0.25) is 0 Å². The molecular weight excluding hydrogens is 361 g/mol. The van der Waals surface area contributed by atoms with Gasteiger partial charge in [-0.2, -0.15) is 0 Å². The molecule has 0 radical (unpaired) electrons. The third kappa shape index (κ3) is 4.28. The first-order valence-corrected chi connectivity index (χ1v) is 8.69. The van der Waals surface area contributed by atoms with Gasteiger partial charge in [-0.1, -0.05) is 23.4 Å². The van der Waals surface area contributed by atoms with Crippen molar-refractivity contribution in [3.8, 4) is 11.5 Å². The Morgan fingerprint density at radius 3 is 2.75 bits per heavy atom. The summed E-state index contributed by atoms with van der Waals surface area (Å²) in [4.78, 5) is 16.5. The minimum Gasteiger partial charge on any atom is -0.493 e. The second kappa shape index (κ2) is 8.52. The summed E-state index contributed by atoms with van der Waals surface area (Å²) < 4.78 is 24.8. The standard InChI is InChI=1S/C22H20FNO4/c1-4-6-17-9-16(11-19-14(2)24-28-22(19)25)12-20(26-3)21(17)27-13-15-7-5-8-18(23)10-15/h4-5,7-12H,1,6,13H2,2-3H3/b19-11-. The van der Waals surface area contributed by atoms with E-state index in [1.165, 1.54) is 19.2 Å². The maximum atomic E-state index is 13.4. The number of allylic oxidation sites excluding steroid dienone is 1. The zero-order chi connectivity index (χ0) is 20.1. The topological polar surface area (TPSA) is 57.1 Å². The number of carbonyl (C=O) groups is 1. The maximum absolute atomic E-state index is 13.4. The second-order valence-corrected chi connectivity index (χ2v) is 6.24. The van der Waals surface area contributed by atoms with Crippen LogP contribution in [0.4, 0.5) is 4.39 Å². The van der Waals surface area contributed by atoms with E-state index < -0.39 is 5.97 Å². The van der Waals surface area contributed by atoms with E-state index in [-0.39, 0.29) is 12.4 Å². The molecule has 0 fully saturated rings. The number of benzene rings is 2. The molecule has 2 aromatic rings. The lowest BCUT2D eigenvalue weighted by molar-refractivity contribution is -0.136. The molecule has 0 amide bonds. The van der Waals surface area contributed by atoms with Crippen molar-refractivity contribution < 1.29 is 23.5 Å². The average molecular weight is 381 g/mol. The smallest absolute Gasteiger partial charge is 0.367 e. The summed E-state index contributed by atoms with van der Waals surface area (Å²) in [5.41, 5.74) is 3.19. The number of carbonyl (C=O) groups excluding carboxylic acids is 1. The Morgan fingerprint density at radius 2 is 2.11 bits per heavy atom. The molecule has 0 spiro atoms. The molecule has 2 aromatic carbocycles. The number of methoxy groups -OCH3 is 1. The highest BCUT2D eigenvalue weighted by Crippen LogP contribution is 2.35. The Hall–Kier alpha value is -3.41. The summed E-state index contributed by atoms with van der Waals surface area (Å²) in [6.07, 6.45) is 3.97. The summed E-state index contributed by atoms with van der Waals surface area (Å²) in [5.74, 6) is 0.242. The van der Waals surface area contributed by atoms with E-state index in [9.17, 15) is 9.18 Å². The van der Waals surface area contributed by atoms with Gasteiger partial charge in [-0.05, 0) is 54.8 Å². The van der Waals surface area contributed by atoms with Gasteiger partial charge in [-0.25, -0.2) is 9.18 Å². The van der Waals surface area contributed by atoms with E-state index >= 15 is 0 Å². The SMILES string of the molecule is C=CCc1cc(/C=C2\C(=O)ON=C2C)cc(OC)c1OCc1cccc(F)c1. The van der Waals surface area contributed by atoms with Crippen molar-refractivity contribution in [3.63, 3.8) is 0 Å². The van der Waals surface area contributed by atoms with E-state index in [0.29, 0.717) is 34.8 Å². The molecule has 3 rings (SSSR count). The molecule has 1 aliphatic heterocycles. The van der Waals surface area contributed by atoms with Gasteiger partial charge in [-0.15, -0.1) is 6.58 Å². The van der Waals surface area contributed by atoms with Gasteiger partial charge >= 0.3 is 5.97 Å². The number of hydrogen-bond acceptors (Lipinski definition) is 5. The number of hydrogen-bond donors (Lipinski definition) is 0. The van der Waals surface area contributed by atoms with E-state index in [2.05, 4.69) is 16.6 Å². The van der Waals surface area contributed by atoms with Crippen LogP contribution in [0.25, 0.3) is 6.08 Å². The van der Waals surface area contributed by atoms with E-state index in [4.69, 9.17) is 9.47 Å². The minimum atomic E-state index is -0.492. The van der Waals surface area contributed by atoms with Gasteiger partial charge in [0.05, 0.1) is 18.4 Å². The Bertz CT molecular complexity index is 978. The number of ether oxygens (including phenoxy) is 2. The zero-order valence-corrected chi connectivity index (χ0v) is 15.7. The molecule has 0 unspecified atom stereocenters. The van der Waals surface area contributed by atoms with Crippen LogP contribution in [0.5, 0.6) is 11.5 Å². The Labute approximate surface area is 162 Å². The van der Waals surface area contributed by atoms with E-state index in [0.717, 1.165) is 11.1 Å². The molecule has 0 aromatic heterocycles. The third-order valence-corrected chi connectivity index (χ3v) is 4.20. The van der Waals surface area contributed by atoms with Crippen LogP contribution in [-0.4, -0.2) is 18.8 Å². The molecule has 144 valence electrons. The molecule has 28 heavy (non-hydrogen) atoms. The van der Waals surface area contributed by atoms with Crippen LogP contribution in [0.3, 0.4) is 0 Å². The highest BCUT2D eigenvalue weighted by Gasteiger charge is 2.22. The average Bonchev–Trinajstić information content (AvgIpc) is 2.99. The van der Waals surface area contributed by atoms with Crippen LogP contribution in [0.1, 0.15) is 23.6 Å². The quantitative estimate of drug-likeness (QED) is 0.404. The lowest BCUT2D eigenvalue weighted by atomic mass is 10.0. The predicted octanol–water partition coefficient (Wildman–Crippen LogP) is 4.46. The van der Waals surface area contributed by atoms with Crippen molar-refractivity contribution in [1.82, 2.24) is 0 Å². The Morgan fingerprint density at radius 1 is 1.29 bits per heavy atom. The summed E-state index contributed by atoms with van der Waals surface area (Å²) in [6, 6.07) is 9.88. The van der Waals surface area contributed by atoms with Gasteiger partial charge in [0.25, 0.3) is 0 Å². The molecule has 5 nitrogen and oxygen atoms in total. The van der Waals surface area contributed by atoms with Crippen LogP contribution in [0, 0.1) is 5.82 Å². The highest BCUT2D eigenvalue weighted by molar-refractivity contribution is 6.24. The first-order chi connectivity index (χ1) is 13.5. The van der Waals surface area contributed by atoms with E-state index in [1.54, 1.807) is 37.3 Å². The fraction of sp³-hybridized carbons (Fsp3) is 0.182. The largest absolute Gasteiger partial charge is 0.493 e. The molecule has 0 atom stereocenters. The number of nitrogens with zero attached hydrogens (tertiary/aromatic N) is 1. The molecule has 6 heteroatoms. The van der Waals surface area contributed by atoms with Crippen LogP contribution in [0.15, 0.2) is 59.8 Å². The maximum Gasteiger partial charge on any atom is 0.367 e. The molecular formula is C22H20FNO4. The molecule has 0 N–H and O–H groups in total. The molecule has 0 saturated heterocycles. The van der Waals surface area contributed by atoms with Crippen LogP contribution >= 0.6 is 0 Å². The summed E-state index contributed by atoms with van der Waals surface area (Å²) in [5, 5.41) is 3.68. The van der Waals surface area contributed by atoms with Crippen molar-refractivity contribution in [1.29, 1.82) is 0 Å². The first-order valence-electron chi connectivity index (χ1n) is 8.69. The third-order valence-electron chi connectivity index (χ3n) is 4.20. The molecule has 0 aliphatic carbocycles. The van der Waals surface area contributed by atoms with Crippen LogP contribution < -0.4 is 9.47 Å². The van der Waals surface area contributed by atoms with Crippen molar-refractivity contribution >= 4 is 17.8 Å². The molecule has 1 heterocycles. The summed E-state index contributed by atoms with van der Waals surface area (Å²) in [6.45, 7) is 5.68. The summed E-state index contributed by atoms with van der Waals surface area (Å²) >= 11 is 0. The predicted molar refractivity (Wildman–Crippen MR) is 105 cm³/mol. The van der Waals surface area contributed by atoms with Gasteiger partial charge in [0.1, 0.15) is 12.4 Å². The number of halogens is 1. The van der Waals surface area contributed by atoms with Crippen molar-refractivity contribution in [2.45, 2.75) is 20.0 Å². The van der Waals surface area contributed by atoms with Gasteiger partial charge in [0, 0.05) is 5.56 Å². The number of rotatable bonds is 7. The Kier molecular flexibility index (Phi) is 5.89. The van der Waals surface area contributed by atoms with Gasteiger partial charge in [-0.3, -0.25) is 0 Å². The van der Waals surface area contributed by atoms with Gasteiger partial charge < -0.3 is 14.3 Å². The molecule has 0 saturated carbocycles. The van der Waals surface area contributed by atoms with Gasteiger partial charge in [0.15, 0.2) is 11.5 Å². The lowest BCUT2D eigenvalue weighted by Crippen LogP contribution is -2.04. The fourth-order valence-electron chi connectivity index (χ4n) is 2.86. The normalized spacial score (nSPS) is 14.6.